The normalized spacial score (nSPS) is 15.2. The van der Waals surface area contributed by atoms with Gasteiger partial charge >= 0.3 is 0 Å². The molecule has 28 heavy (non-hydrogen) atoms. The van der Waals surface area contributed by atoms with Crippen LogP contribution >= 0.6 is 27.7 Å². The van der Waals surface area contributed by atoms with E-state index in [1.165, 1.54) is 6.92 Å². The molecule has 0 aliphatic carbocycles. The van der Waals surface area contributed by atoms with Gasteiger partial charge in [-0.25, -0.2) is 0 Å². The molecule has 0 saturated carbocycles. The van der Waals surface area contributed by atoms with E-state index in [2.05, 4.69) is 21.2 Å². The molecule has 0 radical (unpaired) electrons. The van der Waals surface area contributed by atoms with Crippen LogP contribution in [0.15, 0.2) is 57.9 Å². The first-order valence-corrected chi connectivity index (χ1v) is 9.86. The third-order valence-electron chi connectivity index (χ3n) is 3.87. The molecule has 6 nitrogen and oxygen atoms in total. The number of Topliss-reactive ketones (excluding diaryl/α,β-unsaturated/α-hetero) is 1. The van der Waals surface area contributed by atoms with Gasteiger partial charge in [-0.3, -0.25) is 24.1 Å². The lowest BCUT2D eigenvalue weighted by atomic mass is 10.1. The van der Waals surface area contributed by atoms with Crippen LogP contribution in [0.1, 0.15) is 22.8 Å². The van der Waals surface area contributed by atoms with Crippen molar-refractivity contribution < 1.29 is 19.2 Å². The van der Waals surface area contributed by atoms with Crippen molar-refractivity contribution >= 4 is 62.3 Å². The molecule has 0 aromatic heterocycles. The number of thioether (sulfide) groups is 1. The highest BCUT2D eigenvalue weighted by Gasteiger charge is 2.36. The van der Waals surface area contributed by atoms with Crippen molar-refractivity contribution in [2.45, 2.75) is 6.92 Å². The van der Waals surface area contributed by atoms with Gasteiger partial charge < -0.3 is 5.32 Å². The van der Waals surface area contributed by atoms with E-state index in [9.17, 15) is 19.2 Å². The number of nitrogens with one attached hydrogen (secondary N) is 1. The number of nitrogens with zero attached hydrogens (tertiary/aromatic N) is 1. The number of halogens is 1. The third kappa shape index (κ3) is 4.76. The molecule has 0 unspecified atom stereocenters. The van der Waals surface area contributed by atoms with Crippen molar-refractivity contribution in [1.29, 1.82) is 0 Å². The average Bonchev–Trinajstić information content (AvgIpc) is 2.91. The Morgan fingerprint density at radius 2 is 1.71 bits per heavy atom. The zero-order valence-corrected chi connectivity index (χ0v) is 17.2. The highest BCUT2D eigenvalue weighted by Crippen LogP contribution is 2.32. The van der Waals surface area contributed by atoms with Crippen molar-refractivity contribution in [1.82, 2.24) is 4.90 Å². The molecular weight excluding hydrogens is 444 g/mol. The van der Waals surface area contributed by atoms with Crippen LogP contribution in [0.2, 0.25) is 0 Å². The number of anilines is 1. The van der Waals surface area contributed by atoms with E-state index in [-0.39, 0.29) is 23.1 Å². The molecular formula is C20H15BrN2O4S. The zero-order valence-electron chi connectivity index (χ0n) is 14.8. The first kappa shape index (κ1) is 20.0. The lowest BCUT2D eigenvalue weighted by molar-refractivity contribution is -0.122. The number of benzene rings is 2. The Hall–Kier alpha value is -2.71. The number of carbonyl (C=O) groups excluding carboxylic acids is 4. The molecule has 3 amide bonds. The summed E-state index contributed by atoms with van der Waals surface area (Å²) in [4.78, 5) is 49.4. The van der Waals surface area contributed by atoms with Crippen LogP contribution < -0.4 is 5.32 Å². The van der Waals surface area contributed by atoms with Gasteiger partial charge in [-0.05, 0) is 47.7 Å². The highest BCUT2D eigenvalue weighted by atomic mass is 79.9. The standard InChI is InChI=1S/C20H15BrN2O4S/c1-12(24)22-16-8-2-13(3-9-16)10-18-19(26)23(20(27)28-18)11-17(25)14-4-6-15(21)7-5-14/h2-10H,11H2,1H3,(H,22,24)/b18-10-. The maximum absolute atomic E-state index is 12.6. The largest absolute Gasteiger partial charge is 0.326 e. The lowest BCUT2D eigenvalue weighted by Gasteiger charge is -2.11. The summed E-state index contributed by atoms with van der Waals surface area (Å²) in [6, 6.07) is 13.6. The smallest absolute Gasteiger partial charge is 0.293 e. The highest BCUT2D eigenvalue weighted by molar-refractivity contribution is 9.10. The summed E-state index contributed by atoms with van der Waals surface area (Å²) in [5.74, 6) is -0.980. The fourth-order valence-corrected chi connectivity index (χ4v) is 3.63. The Kier molecular flexibility index (Phi) is 6.11. The van der Waals surface area contributed by atoms with Crippen LogP contribution in [0, 0.1) is 0 Å². The van der Waals surface area contributed by atoms with Gasteiger partial charge in [-0.15, -0.1) is 0 Å². The van der Waals surface area contributed by atoms with E-state index in [0.29, 0.717) is 16.8 Å². The topological polar surface area (TPSA) is 83.6 Å². The average molecular weight is 459 g/mol. The summed E-state index contributed by atoms with van der Waals surface area (Å²) in [7, 11) is 0. The van der Waals surface area contributed by atoms with Gasteiger partial charge in [0.15, 0.2) is 5.78 Å². The van der Waals surface area contributed by atoms with Gasteiger partial charge in [0.2, 0.25) is 5.91 Å². The quantitative estimate of drug-likeness (QED) is 0.532. The fraction of sp³-hybridized carbons (Fsp3) is 0.100. The first-order valence-electron chi connectivity index (χ1n) is 8.25. The van der Waals surface area contributed by atoms with Gasteiger partial charge in [0, 0.05) is 22.6 Å². The number of ketones is 1. The Morgan fingerprint density at radius 1 is 1.07 bits per heavy atom. The van der Waals surface area contributed by atoms with E-state index in [1.54, 1.807) is 54.6 Å². The third-order valence-corrected chi connectivity index (χ3v) is 5.31. The molecule has 1 heterocycles. The number of carbonyl (C=O) groups is 4. The molecule has 0 atom stereocenters. The van der Waals surface area contributed by atoms with E-state index < -0.39 is 11.1 Å². The van der Waals surface area contributed by atoms with Gasteiger partial charge in [-0.1, -0.05) is 40.2 Å². The molecule has 1 fully saturated rings. The Labute approximate surface area is 174 Å². The van der Waals surface area contributed by atoms with Crippen molar-refractivity contribution in [3.8, 4) is 0 Å². The Balaban J connectivity index is 1.72. The van der Waals surface area contributed by atoms with Crippen LogP contribution in [-0.2, 0) is 9.59 Å². The minimum Gasteiger partial charge on any atom is -0.326 e. The molecule has 2 aromatic carbocycles. The maximum Gasteiger partial charge on any atom is 0.293 e. The summed E-state index contributed by atoms with van der Waals surface area (Å²) < 4.78 is 0.836. The van der Waals surface area contributed by atoms with Gasteiger partial charge in [0.25, 0.3) is 11.1 Å². The van der Waals surface area contributed by atoms with E-state index in [0.717, 1.165) is 21.1 Å². The number of hydrogen-bond donors (Lipinski definition) is 1. The van der Waals surface area contributed by atoms with Gasteiger partial charge in [-0.2, -0.15) is 0 Å². The molecule has 2 aromatic rings. The molecule has 1 aliphatic rings. The fourth-order valence-electron chi connectivity index (χ4n) is 2.52. The molecule has 0 spiro atoms. The van der Waals surface area contributed by atoms with Crippen molar-refractivity contribution in [3.63, 3.8) is 0 Å². The second kappa shape index (κ2) is 8.53. The number of amides is 3. The number of imide groups is 1. The minimum atomic E-state index is -0.494. The van der Waals surface area contributed by atoms with E-state index in [1.807, 2.05) is 0 Å². The predicted molar refractivity (Wildman–Crippen MR) is 112 cm³/mol. The lowest BCUT2D eigenvalue weighted by Crippen LogP contribution is -2.33. The van der Waals surface area contributed by atoms with Gasteiger partial charge in [0.1, 0.15) is 0 Å². The minimum absolute atomic E-state index is 0.177. The molecule has 3 rings (SSSR count). The summed E-state index contributed by atoms with van der Waals surface area (Å²) in [5.41, 5.74) is 1.77. The van der Waals surface area contributed by atoms with Crippen LogP contribution in [-0.4, -0.2) is 34.3 Å². The molecule has 8 heteroatoms. The van der Waals surface area contributed by atoms with Crippen molar-refractivity contribution in [2.75, 3.05) is 11.9 Å². The molecule has 0 bridgehead atoms. The van der Waals surface area contributed by atoms with Gasteiger partial charge in [0.05, 0.1) is 11.4 Å². The second-order valence-electron chi connectivity index (χ2n) is 6.00. The van der Waals surface area contributed by atoms with Crippen molar-refractivity contribution in [3.05, 3.63) is 69.0 Å². The zero-order chi connectivity index (χ0) is 20.3. The van der Waals surface area contributed by atoms with Crippen molar-refractivity contribution in [2.24, 2.45) is 0 Å². The summed E-state index contributed by atoms with van der Waals surface area (Å²) in [6.07, 6.45) is 1.59. The number of hydrogen-bond acceptors (Lipinski definition) is 5. The SMILES string of the molecule is CC(=O)Nc1ccc(/C=C2\SC(=O)N(CC(=O)c3ccc(Br)cc3)C2=O)cc1. The molecule has 1 saturated heterocycles. The monoisotopic (exact) mass is 458 g/mol. The molecule has 1 N–H and O–H groups in total. The van der Waals surface area contributed by atoms with Crippen LogP contribution in [0.25, 0.3) is 6.08 Å². The number of rotatable bonds is 5. The maximum atomic E-state index is 12.6. The summed E-state index contributed by atoms with van der Waals surface area (Å²) in [5, 5.41) is 2.18. The van der Waals surface area contributed by atoms with E-state index in [4.69, 9.17) is 0 Å². The van der Waals surface area contributed by atoms with Crippen LogP contribution in [0.4, 0.5) is 10.5 Å². The second-order valence-corrected chi connectivity index (χ2v) is 7.91. The Bertz CT molecular complexity index is 984. The summed E-state index contributed by atoms with van der Waals surface area (Å²) >= 11 is 4.10. The van der Waals surface area contributed by atoms with Crippen LogP contribution in [0.5, 0.6) is 0 Å². The Morgan fingerprint density at radius 3 is 2.32 bits per heavy atom. The summed E-state index contributed by atoms with van der Waals surface area (Å²) in [6.45, 7) is 1.12. The van der Waals surface area contributed by atoms with Crippen LogP contribution in [0.3, 0.4) is 0 Å². The van der Waals surface area contributed by atoms with E-state index >= 15 is 0 Å². The predicted octanol–water partition coefficient (Wildman–Crippen LogP) is 4.33. The first-order chi connectivity index (χ1) is 13.3. The molecule has 142 valence electrons. The molecule has 1 aliphatic heterocycles.